The van der Waals surface area contributed by atoms with Crippen LogP contribution in [0.1, 0.15) is 68.7 Å². The number of aromatic nitrogens is 1. The molecule has 3 atom stereocenters. The monoisotopic (exact) mass is 408 g/mol. The van der Waals surface area contributed by atoms with Crippen LogP contribution in [0.2, 0.25) is 0 Å². The third-order valence-corrected chi connectivity index (χ3v) is 5.72. The molecule has 2 amide bonds. The molecule has 0 spiro atoms. The van der Waals surface area contributed by atoms with Gasteiger partial charge in [-0.15, -0.1) is 0 Å². The summed E-state index contributed by atoms with van der Waals surface area (Å²) in [6.45, 7) is 11.7. The molecule has 1 aliphatic heterocycles. The normalized spacial score (nSPS) is 20.6. The van der Waals surface area contributed by atoms with E-state index >= 15 is 0 Å². The van der Waals surface area contributed by atoms with Crippen LogP contribution in [0.3, 0.4) is 0 Å². The number of nitrogens with one attached hydrogen (secondary N) is 2. The summed E-state index contributed by atoms with van der Waals surface area (Å²) in [6, 6.07) is 11.6. The quantitative estimate of drug-likeness (QED) is 0.766. The lowest BCUT2D eigenvalue weighted by molar-refractivity contribution is -0.117. The number of anilines is 2. The molecule has 0 aliphatic carbocycles. The summed E-state index contributed by atoms with van der Waals surface area (Å²) in [6.07, 6.45) is 0.842. The molecule has 160 valence electrons. The minimum Gasteiger partial charge on any atom is -0.363 e. The fourth-order valence-electron chi connectivity index (χ4n) is 4.38. The summed E-state index contributed by atoms with van der Waals surface area (Å²) in [7, 11) is 0. The predicted octanol–water partition coefficient (Wildman–Crippen LogP) is 4.46. The largest absolute Gasteiger partial charge is 0.363 e. The van der Waals surface area contributed by atoms with Gasteiger partial charge in [0.2, 0.25) is 5.91 Å². The number of fused-ring (bicyclic) bond motifs is 1. The zero-order valence-corrected chi connectivity index (χ0v) is 18.7. The molecular weight excluding hydrogens is 376 g/mol. The Morgan fingerprint density at radius 2 is 1.93 bits per heavy atom. The van der Waals surface area contributed by atoms with Crippen molar-refractivity contribution in [1.29, 1.82) is 0 Å². The lowest BCUT2D eigenvalue weighted by Gasteiger charge is -2.45. The van der Waals surface area contributed by atoms with E-state index in [-0.39, 0.29) is 35.9 Å². The molecule has 3 rings (SSSR count). The summed E-state index contributed by atoms with van der Waals surface area (Å²) in [5.74, 6) is 0.833. The first-order chi connectivity index (χ1) is 14.2. The summed E-state index contributed by atoms with van der Waals surface area (Å²) in [4.78, 5) is 31.7. The second kappa shape index (κ2) is 8.86. The van der Waals surface area contributed by atoms with Crippen molar-refractivity contribution in [2.24, 2.45) is 5.92 Å². The number of rotatable bonds is 5. The maximum absolute atomic E-state index is 12.6. The highest BCUT2D eigenvalue weighted by atomic mass is 16.2. The first kappa shape index (κ1) is 21.8. The second-order valence-corrected chi connectivity index (χ2v) is 8.41. The number of hydrogen-bond donors (Lipinski definition) is 2. The number of carbonyl (C=O) groups is 2. The van der Waals surface area contributed by atoms with Crippen molar-refractivity contribution >= 4 is 23.3 Å². The van der Waals surface area contributed by atoms with E-state index in [0.717, 1.165) is 29.2 Å². The Morgan fingerprint density at radius 3 is 2.53 bits per heavy atom. The number of nitrogens with zero attached hydrogens (tertiary/aromatic N) is 2. The smallest absolute Gasteiger partial charge is 0.251 e. The molecule has 0 saturated carbocycles. The first-order valence-corrected chi connectivity index (χ1v) is 10.7. The zero-order valence-electron chi connectivity index (χ0n) is 18.7. The van der Waals surface area contributed by atoms with Crippen LogP contribution in [0, 0.1) is 12.8 Å². The van der Waals surface area contributed by atoms with Crippen molar-refractivity contribution in [2.45, 2.75) is 66.1 Å². The van der Waals surface area contributed by atoms with E-state index in [0.29, 0.717) is 5.56 Å². The van der Waals surface area contributed by atoms with Gasteiger partial charge in [0, 0.05) is 41.9 Å². The Morgan fingerprint density at radius 1 is 1.20 bits per heavy atom. The minimum atomic E-state index is -0.111. The highest BCUT2D eigenvalue weighted by molar-refractivity contribution is 5.98. The van der Waals surface area contributed by atoms with Gasteiger partial charge in [-0.3, -0.25) is 9.59 Å². The molecule has 6 nitrogen and oxygen atoms in total. The molecule has 2 aromatic rings. The number of hydrogen-bond acceptors (Lipinski definition) is 4. The van der Waals surface area contributed by atoms with Gasteiger partial charge in [0.1, 0.15) is 5.82 Å². The minimum absolute atomic E-state index is 0.0152. The SMILES string of the molecule is CCC1C(C)C(Nc2cccc(C)n2)c2cc(C(=O)NC(C)C)ccc2N1C(C)=O. The van der Waals surface area contributed by atoms with E-state index in [1.807, 2.05) is 56.0 Å². The van der Waals surface area contributed by atoms with Crippen LogP contribution in [0.15, 0.2) is 36.4 Å². The highest BCUT2D eigenvalue weighted by Crippen LogP contribution is 2.43. The summed E-state index contributed by atoms with van der Waals surface area (Å²) < 4.78 is 0. The standard InChI is InChI=1S/C24H32N4O2/c1-7-20-16(5)23(27-22-10-8-9-15(4)26-22)19-13-18(24(30)25-14(2)3)11-12-21(19)28(20)17(6)29/h8-14,16,20,23H,7H2,1-6H3,(H,25,30)(H,26,27). The number of benzene rings is 1. The molecule has 0 saturated heterocycles. The van der Waals surface area contributed by atoms with Crippen LogP contribution >= 0.6 is 0 Å². The predicted molar refractivity (Wildman–Crippen MR) is 121 cm³/mol. The van der Waals surface area contributed by atoms with Gasteiger partial charge in [0.05, 0.1) is 6.04 Å². The van der Waals surface area contributed by atoms with E-state index < -0.39 is 0 Å². The summed E-state index contributed by atoms with van der Waals surface area (Å²) in [5, 5.41) is 6.53. The first-order valence-electron chi connectivity index (χ1n) is 10.7. The molecule has 1 aromatic heterocycles. The maximum atomic E-state index is 12.6. The topological polar surface area (TPSA) is 74.3 Å². The Labute approximate surface area is 179 Å². The van der Waals surface area contributed by atoms with Gasteiger partial charge in [-0.1, -0.05) is 19.9 Å². The van der Waals surface area contributed by atoms with E-state index in [2.05, 4.69) is 29.5 Å². The third kappa shape index (κ3) is 4.32. The van der Waals surface area contributed by atoms with Crippen LogP contribution in [-0.4, -0.2) is 28.9 Å². The van der Waals surface area contributed by atoms with Gasteiger partial charge in [0.15, 0.2) is 0 Å². The van der Waals surface area contributed by atoms with Crippen LogP contribution in [0.4, 0.5) is 11.5 Å². The molecule has 0 fully saturated rings. The fourth-order valence-corrected chi connectivity index (χ4v) is 4.38. The third-order valence-electron chi connectivity index (χ3n) is 5.72. The van der Waals surface area contributed by atoms with Crippen molar-refractivity contribution in [2.75, 3.05) is 10.2 Å². The average molecular weight is 409 g/mol. The van der Waals surface area contributed by atoms with E-state index in [1.165, 1.54) is 0 Å². The van der Waals surface area contributed by atoms with Gasteiger partial charge in [-0.05, 0) is 63.1 Å². The maximum Gasteiger partial charge on any atom is 0.251 e. The summed E-state index contributed by atoms with van der Waals surface area (Å²) >= 11 is 0. The lowest BCUT2D eigenvalue weighted by Crippen LogP contribution is -2.49. The average Bonchev–Trinajstić information content (AvgIpc) is 2.68. The lowest BCUT2D eigenvalue weighted by atomic mass is 9.80. The number of aryl methyl sites for hydroxylation is 1. The number of carbonyl (C=O) groups excluding carboxylic acids is 2. The van der Waals surface area contributed by atoms with Crippen LogP contribution in [-0.2, 0) is 4.79 Å². The molecule has 0 radical (unpaired) electrons. The molecule has 6 heteroatoms. The molecule has 0 bridgehead atoms. The van der Waals surface area contributed by atoms with Gasteiger partial charge in [0.25, 0.3) is 5.91 Å². The van der Waals surface area contributed by atoms with Crippen molar-refractivity contribution in [3.05, 3.63) is 53.2 Å². The molecule has 2 heterocycles. The molecule has 1 aromatic carbocycles. The Bertz CT molecular complexity index is 941. The Balaban J connectivity index is 2.10. The van der Waals surface area contributed by atoms with Gasteiger partial charge < -0.3 is 15.5 Å². The van der Waals surface area contributed by atoms with Gasteiger partial charge in [-0.2, -0.15) is 0 Å². The number of amides is 2. The second-order valence-electron chi connectivity index (χ2n) is 8.41. The Kier molecular flexibility index (Phi) is 6.44. The Hall–Kier alpha value is -2.89. The van der Waals surface area contributed by atoms with E-state index in [9.17, 15) is 9.59 Å². The van der Waals surface area contributed by atoms with Gasteiger partial charge >= 0.3 is 0 Å². The van der Waals surface area contributed by atoms with E-state index in [1.54, 1.807) is 13.0 Å². The van der Waals surface area contributed by atoms with E-state index in [4.69, 9.17) is 0 Å². The molecule has 30 heavy (non-hydrogen) atoms. The van der Waals surface area contributed by atoms with Crippen LogP contribution in [0.5, 0.6) is 0 Å². The molecule has 2 N–H and O–H groups in total. The van der Waals surface area contributed by atoms with Crippen molar-refractivity contribution < 1.29 is 9.59 Å². The van der Waals surface area contributed by atoms with Crippen molar-refractivity contribution in [3.63, 3.8) is 0 Å². The summed E-state index contributed by atoms with van der Waals surface area (Å²) in [5.41, 5.74) is 3.34. The van der Waals surface area contributed by atoms with Crippen molar-refractivity contribution in [1.82, 2.24) is 10.3 Å². The van der Waals surface area contributed by atoms with Crippen LogP contribution in [0.25, 0.3) is 0 Å². The highest BCUT2D eigenvalue weighted by Gasteiger charge is 2.40. The molecule has 3 unspecified atom stereocenters. The zero-order chi connectivity index (χ0) is 22.0. The van der Waals surface area contributed by atoms with Crippen molar-refractivity contribution in [3.8, 4) is 0 Å². The number of pyridine rings is 1. The van der Waals surface area contributed by atoms with Crippen LogP contribution < -0.4 is 15.5 Å². The van der Waals surface area contributed by atoms with Gasteiger partial charge in [-0.25, -0.2) is 4.98 Å². The molecular formula is C24H32N4O2. The fraction of sp³-hybridized carbons (Fsp3) is 0.458. The molecule has 1 aliphatic rings.